The van der Waals surface area contributed by atoms with E-state index < -0.39 is 0 Å². The summed E-state index contributed by atoms with van der Waals surface area (Å²) in [5.41, 5.74) is 6.06. The summed E-state index contributed by atoms with van der Waals surface area (Å²) in [5, 5.41) is 0. The molecule has 4 nitrogen and oxygen atoms in total. The Morgan fingerprint density at radius 2 is 2.15 bits per heavy atom. The van der Waals surface area contributed by atoms with Crippen molar-refractivity contribution in [1.29, 1.82) is 0 Å². The zero-order valence-corrected chi connectivity index (χ0v) is 15.8. The van der Waals surface area contributed by atoms with Crippen molar-refractivity contribution in [3.05, 3.63) is 19.2 Å². The standard InChI is InChI=1S/C13H20Br2N4S/c1-3-18(4-2)5-6-19-10(8-17-13(19)16)11-7-9(14)12(15)20-11/h7,10H,3-6,8H2,1-2H3,(H2,16,17). The quantitative estimate of drug-likeness (QED) is 0.763. The lowest BCUT2D eigenvalue weighted by Gasteiger charge is -2.28. The van der Waals surface area contributed by atoms with Gasteiger partial charge in [0, 0.05) is 22.4 Å². The van der Waals surface area contributed by atoms with Gasteiger partial charge in [-0.1, -0.05) is 13.8 Å². The molecular formula is C13H20Br2N4S. The van der Waals surface area contributed by atoms with E-state index in [1.807, 2.05) is 0 Å². The number of halogens is 2. The molecule has 0 aromatic carbocycles. The van der Waals surface area contributed by atoms with Crippen molar-refractivity contribution in [2.24, 2.45) is 10.7 Å². The van der Waals surface area contributed by atoms with Gasteiger partial charge in [-0.15, -0.1) is 11.3 Å². The number of aliphatic imine (C=N–C) groups is 1. The minimum atomic E-state index is 0.276. The number of thiophene rings is 1. The van der Waals surface area contributed by atoms with Crippen LogP contribution in [-0.2, 0) is 0 Å². The summed E-state index contributed by atoms with van der Waals surface area (Å²) < 4.78 is 2.23. The van der Waals surface area contributed by atoms with Gasteiger partial charge in [-0.3, -0.25) is 4.99 Å². The smallest absolute Gasteiger partial charge is 0.191 e. The molecule has 1 atom stereocenters. The van der Waals surface area contributed by atoms with Crippen LogP contribution >= 0.6 is 43.2 Å². The Bertz CT molecular complexity index is 465. The van der Waals surface area contributed by atoms with Crippen LogP contribution in [0.25, 0.3) is 0 Å². The molecular weight excluding hydrogens is 404 g/mol. The van der Waals surface area contributed by atoms with Gasteiger partial charge in [0.2, 0.25) is 0 Å². The maximum absolute atomic E-state index is 6.06. The summed E-state index contributed by atoms with van der Waals surface area (Å²) in [5.74, 6) is 0.669. The molecule has 2 heterocycles. The zero-order chi connectivity index (χ0) is 14.7. The minimum Gasteiger partial charge on any atom is -0.370 e. The Kier molecular flexibility index (Phi) is 5.89. The highest BCUT2D eigenvalue weighted by molar-refractivity contribution is 9.13. The van der Waals surface area contributed by atoms with E-state index in [0.717, 1.165) is 41.0 Å². The molecule has 1 unspecified atom stereocenters. The fourth-order valence-corrected chi connectivity index (χ4v) is 4.55. The zero-order valence-electron chi connectivity index (χ0n) is 11.8. The Morgan fingerprint density at radius 1 is 1.45 bits per heavy atom. The van der Waals surface area contributed by atoms with Crippen LogP contribution in [0, 0.1) is 0 Å². The lowest BCUT2D eigenvalue weighted by molar-refractivity contribution is 0.250. The number of nitrogens with zero attached hydrogens (tertiary/aromatic N) is 3. The van der Waals surface area contributed by atoms with Gasteiger partial charge >= 0.3 is 0 Å². The van der Waals surface area contributed by atoms with E-state index in [0.29, 0.717) is 5.96 Å². The first-order valence-electron chi connectivity index (χ1n) is 6.80. The van der Waals surface area contributed by atoms with Gasteiger partial charge in [-0.05, 0) is 51.0 Å². The second-order valence-corrected chi connectivity index (χ2v) is 7.96. The third-order valence-corrected chi connectivity index (χ3v) is 7.00. The molecule has 1 aliphatic heterocycles. The van der Waals surface area contributed by atoms with Crippen LogP contribution in [0.4, 0.5) is 0 Å². The van der Waals surface area contributed by atoms with Crippen molar-refractivity contribution < 1.29 is 0 Å². The average Bonchev–Trinajstić information content (AvgIpc) is 2.95. The highest BCUT2D eigenvalue weighted by Gasteiger charge is 2.29. The molecule has 0 fully saturated rings. The van der Waals surface area contributed by atoms with Crippen molar-refractivity contribution in [3.8, 4) is 0 Å². The minimum absolute atomic E-state index is 0.276. The van der Waals surface area contributed by atoms with Gasteiger partial charge in [0.15, 0.2) is 5.96 Å². The maximum atomic E-state index is 6.06. The molecule has 1 aliphatic rings. The van der Waals surface area contributed by atoms with Crippen LogP contribution < -0.4 is 5.73 Å². The van der Waals surface area contributed by atoms with Crippen molar-refractivity contribution in [1.82, 2.24) is 9.80 Å². The average molecular weight is 424 g/mol. The molecule has 112 valence electrons. The highest BCUT2D eigenvalue weighted by atomic mass is 79.9. The van der Waals surface area contributed by atoms with E-state index in [1.165, 1.54) is 4.88 Å². The van der Waals surface area contributed by atoms with Gasteiger partial charge in [0.1, 0.15) is 0 Å². The topological polar surface area (TPSA) is 44.9 Å². The molecule has 0 radical (unpaired) electrons. The van der Waals surface area contributed by atoms with Gasteiger partial charge in [0.25, 0.3) is 0 Å². The van der Waals surface area contributed by atoms with E-state index in [-0.39, 0.29) is 6.04 Å². The molecule has 0 spiro atoms. The first kappa shape index (κ1) is 16.3. The predicted octanol–water partition coefficient (Wildman–Crippen LogP) is 3.29. The molecule has 1 aromatic rings. The Morgan fingerprint density at radius 3 is 2.70 bits per heavy atom. The molecule has 0 bridgehead atoms. The maximum Gasteiger partial charge on any atom is 0.191 e. The number of hydrogen-bond donors (Lipinski definition) is 1. The predicted molar refractivity (Wildman–Crippen MR) is 93.4 cm³/mol. The summed E-state index contributed by atoms with van der Waals surface area (Å²) in [6, 6.07) is 2.44. The molecule has 0 aliphatic carbocycles. The van der Waals surface area contributed by atoms with Gasteiger partial charge in [-0.2, -0.15) is 0 Å². The number of nitrogens with two attached hydrogens (primary N) is 1. The summed E-state index contributed by atoms with van der Waals surface area (Å²) in [6.07, 6.45) is 0. The Balaban J connectivity index is 2.06. The van der Waals surface area contributed by atoms with Crippen LogP contribution in [0.1, 0.15) is 24.8 Å². The van der Waals surface area contributed by atoms with E-state index in [2.05, 4.69) is 66.6 Å². The van der Waals surface area contributed by atoms with Crippen molar-refractivity contribution in [3.63, 3.8) is 0 Å². The number of guanidine groups is 1. The monoisotopic (exact) mass is 422 g/mol. The lowest BCUT2D eigenvalue weighted by Crippen LogP contribution is -2.41. The molecule has 0 amide bonds. The number of rotatable bonds is 6. The van der Waals surface area contributed by atoms with Crippen molar-refractivity contribution in [2.45, 2.75) is 19.9 Å². The second kappa shape index (κ2) is 7.24. The SMILES string of the molecule is CCN(CC)CCN1C(N)=NCC1c1cc(Br)c(Br)s1. The summed E-state index contributed by atoms with van der Waals surface area (Å²) in [4.78, 5) is 10.4. The largest absolute Gasteiger partial charge is 0.370 e. The Hall–Kier alpha value is -0.110. The van der Waals surface area contributed by atoms with Crippen molar-refractivity contribution >= 4 is 49.2 Å². The first-order valence-corrected chi connectivity index (χ1v) is 9.20. The van der Waals surface area contributed by atoms with Crippen molar-refractivity contribution in [2.75, 3.05) is 32.7 Å². The molecule has 2 rings (SSSR count). The molecule has 1 aromatic heterocycles. The van der Waals surface area contributed by atoms with Crippen LogP contribution in [0.3, 0.4) is 0 Å². The van der Waals surface area contributed by atoms with Crippen LogP contribution in [0.5, 0.6) is 0 Å². The van der Waals surface area contributed by atoms with Crippen LogP contribution in [-0.4, -0.2) is 48.5 Å². The van der Waals surface area contributed by atoms with Gasteiger partial charge < -0.3 is 15.5 Å². The van der Waals surface area contributed by atoms with Crippen LogP contribution in [0.15, 0.2) is 19.3 Å². The second-order valence-electron chi connectivity index (χ2n) is 4.71. The molecule has 0 saturated carbocycles. The normalized spacial score (nSPS) is 18.9. The van der Waals surface area contributed by atoms with E-state index >= 15 is 0 Å². The summed E-state index contributed by atoms with van der Waals surface area (Å²) >= 11 is 8.86. The molecule has 2 N–H and O–H groups in total. The third kappa shape index (κ3) is 3.55. The van der Waals surface area contributed by atoms with E-state index in [9.17, 15) is 0 Å². The Labute approximate surface area is 141 Å². The van der Waals surface area contributed by atoms with Crippen LogP contribution in [0.2, 0.25) is 0 Å². The third-order valence-electron chi connectivity index (χ3n) is 3.64. The fourth-order valence-electron chi connectivity index (χ4n) is 2.36. The van der Waals surface area contributed by atoms with Gasteiger partial charge in [0.05, 0.1) is 16.4 Å². The van der Waals surface area contributed by atoms with E-state index in [4.69, 9.17) is 5.73 Å². The number of hydrogen-bond acceptors (Lipinski definition) is 5. The molecule has 20 heavy (non-hydrogen) atoms. The molecule has 7 heteroatoms. The summed E-state index contributed by atoms with van der Waals surface area (Å²) in [7, 11) is 0. The lowest BCUT2D eigenvalue weighted by atomic mass is 10.2. The fraction of sp³-hybridized carbons (Fsp3) is 0.615. The first-order chi connectivity index (χ1) is 9.56. The number of likely N-dealkylation sites (N-methyl/N-ethyl adjacent to an activating group) is 1. The highest BCUT2D eigenvalue weighted by Crippen LogP contribution is 2.38. The molecule has 0 saturated heterocycles. The summed E-state index contributed by atoms with van der Waals surface area (Å²) in [6.45, 7) is 9.22. The van der Waals surface area contributed by atoms with Gasteiger partial charge in [-0.25, -0.2) is 0 Å². The van der Waals surface area contributed by atoms with E-state index in [1.54, 1.807) is 11.3 Å².